The molecule has 1 aromatic heterocycles. The zero-order valence-electron chi connectivity index (χ0n) is 8.52. The van der Waals surface area contributed by atoms with E-state index in [4.69, 9.17) is 5.11 Å². The van der Waals surface area contributed by atoms with E-state index >= 15 is 0 Å². The van der Waals surface area contributed by atoms with Crippen LogP contribution in [0, 0.1) is 0 Å². The van der Waals surface area contributed by atoms with Gasteiger partial charge in [0.15, 0.2) is 0 Å². The summed E-state index contributed by atoms with van der Waals surface area (Å²) in [6.45, 7) is 0. The first-order chi connectivity index (χ1) is 7.25. The van der Waals surface area contributed by atoms with Crippen LogP contribution in [0.3, 0.4) is 0 Å². The fourth-order valence-corrected chi connectivity index (χ4v) is 2.06. The van der Waals surface area contributed by atoms with Crippen LogP contribution in [0.2, 0.25) is 0 Å². The molecule has 1 aliphatic rings. The monoisotopic (exact) mass is 206 g/mol. The Hall–Kier alpha value is -1.45. The summed E-state index contributed by atoms with van der Waals surface area (Å²) >= 11 is 0. The van der Waals surface area contributed by atoms with Gasteiger partial charge in [0, 0.05) is 12.4 Å². The molecule has 1 fully saturated rings. The Morgan fingerprint density at radius 2 is 1.93 bits per heavy atom. The van der Waals surface area contributed by atoms with E-state index in [2.05, 4.69) is 9.97 Å². The van der Waals surface area contributed by atoms with Gasteiger partial charge >= 0.3 is 5.97 Å². The lowest BCUT2D eigenvalue weighted by molar-refractivity contribution is -0.136. The highest BCUT2D eigenvalue weighted by Gasteiger charge is 2.17. The third kappa shape index (κ3) is 2.52. The number of hydrogen-bond acceptors (Lipinski definition) is 3. The molecule has 15 heavy (non-hydrogen) atoms. The van der Waals surface area contributed by atoms with Crippen molar-refractivity contribution in [2.75, 3.05) is 0 Å². The van der Waals surface area contributed by atoms with E-state index in [0.29, 0.717) is 11.7 Å². The van der Waals surface area contributed by atoms with Gasteiger partial charge in [0.25, 0.3) is 0 Å². The first-order valence-corrected chi connectivity index (χ1v) is 5.28. The van der Waals surface area contributed by atoms with E-state index in [0.717, 1.165) is 5.56 Å². The highest BCUT2D eigenvalue weighted by atomic mass is 16.4. The molecule has 1 N–H and O–H groups in total. The van der Waals surface area contributed by atoms with Crippen LogP contribution in [0.25, 0.3) is 0 Å². The fraction of sp³-hybridized carbons (Fsp3) is 0.545. The van der Waals surface area contributed by atoms with Crippen LogP contribution in [0.1, 0.15) is 43.0 Å². The van der Waals surface area contributed by atoms with E-state index in [-0.39, 0.29) is 6.42 Å². The van der Waals surface area contributed by atoms with Gasteiger partial charge < -0.3 is 5.11 Å². The number of hydrogen-bond donors (Lipinski definition) is 1. The van der Waals surface area contributed by atoms with Crippen LogP contribution in [0.5, 0.6) is 0 Å². The normalized spacial score (nSPS) is 16.8. The summed E-state index contributed by atoms with van der Waals surface area (Å²) in [6.07, 6.45) is 8.44. The van der Waals surface area contributed by atoms with Gasteiger partial charge in [-0.3, -0.25) is 4.79 Å². The van der Waals surface area contributed by atoms with Crippen molar-refractivity contribution in [3.63, 3.8) is 0 Å². The minimum absolute atomic E-state index is 0.0923. The van der Waals surface area contributed by atoms with Gasteiger partial charge in [-0.15, -0.1) is 0 Å². The first-order valence-electron chi connectivity index (χ1n) is 5.28. The summed E-state index contributed by atoms with van der Waals surface area (Å²) in [5.74, 6) is 0.0942. The van der Waals surface area contributed by atoms with Gasteiger partial charge in [0.05, 0.1) is 0 Å². The quantitative estimate of drug-likeness (QED) is 0.818. The van der Waals surface area contributed by atoms with Gasteiger partial charge in [-0.2, -0.15) is 0 Å². The lowest BCUT2D eigenvalue weighted by Gasteiger charge is -2.07. The summed E-state index contributed by atoms with van der Waals surface area (Å²) in [6, 6.07) is 0. The second-order valence-electron chi connectivity index (χ2n) is 3.98. The topological polar surface area (TPSA) is 63.1 Å². The lowest BCUT2D eigenvalue weighted by atomic mass is 10.0. The number of rotatable bonds is 3. The number of carboxylic acid groups (broad SMARTS) is 1. The lowest BCUT2D eigenvalue weighted by Crippen LogP contribution is -2.05. The smallest absolute Gasteiger partial charge is 0.311 e. The summed E-state index contributed by atoms with van der Waals surface area (Å²) in [7, 11) is 0. The largest absolute Gasteiger partial charge is 0.481 e. The molecule has 1 saturated carbocycles. The Kier molecular flexibility index (Phi) is 2.94. The van der Waals surface area contributed by atoms with Crippen LogP contribution >= 0.6 is 0 Å². The second-order valence-corrected chi connectivity index (χ2v) is 3.98. The summed E-state index contributed by atoms with van der Waals surface area (Å²) in [4.78, 5) is 18.6. The summed E-state index contributed by atoms with van der Waals surface area (Å²) in [5, 5.41) is 8.57. The van der Waals surface area contributed by atoms with Crippen molar-refractivity contribution in [3.8, 4) is 0 Å². The summed E-state index contributed by atoms with van der Waals surface area (Å²) < 4.78 is 0. The van der Waals surface area contributed by atoms with Gasteiger partial charge in [-0.1, -0.05) is 12.8 Å². The van der Waals surface area contributed by atoms with Gasteiger partial charge in [0.2, 0.25) is 0 Å². The molecular weight excluding hydrogens is 192 g/mol. The molecule has 0 saturated heterocycles. The molecule has 4 heteroatoms. The Morgan fingerprint density at radius 1 is 1.33 bits per heavy atom. The molecule has 0 radical (unpaired) electrons. The van der Waals surface area contributed by atoms with E-state index < -0.39 is 5.97 Å². The van der Waals surface area contributed by atoms with Gasteiger partial charge in [-0.05, 0) is 24.3 Å². The maximum absolute atomic E-state index is 10.4. The number of carboxylic acids is 1. The zero-order valence-corrected chi connectivity index (χ0v) is 8.52. The summed E-state index contributed by atoms with van der Waals surface area (Å²) in [5.41, 5.74) is 1.15. The van der Waals surface area contributed by atoms with Crippen LogP contribution in [-0.2, 0) is 11.2 Å². The third-order valence-corrected chi connectivity index (χ3v) is 2.86. The standard InChI is InChI=1S/C11H14N2O2/c14-11(15)5-10-12-6-9(7-13-10)8-3-1-2-4-8/h6-8H,1-5H2,(H,14,15). The van der Waals surface area contributed by atoms with Gasteiger partial charge in [-0.25, -0.2) is 9.97 Å². The van der Waals surface area contributed by atoms with E-state index in [1.165, 1.54) is 25.7 Å². The molecule has 1 heterocycles. The van der Waals surface area contributed by atoms with Crippen molar-refractivity contribution in [2.24, 2.45) is 0 Å². The predicted molar refractivity (Wildman–Crippen MR) is 54.6 cm³/mol. The molecule has 0 aliphatic heterocycles. The maximum Gasteiger partial charge on any atom is 0.311 e. The van der Waals surface area contributed by atoms with E-state index in [9.17, 15) is 4.79 Å². The fourth-order valence-electron chi connectivity index (χ4n) is 2.06. The Bertz CT molecular complexity index is 342. The molecular formula is C11H14N2O2. The molecule has 0 amide bonds. The predicted octanol–water partition coefficient (Wildman–Crippen LogP) is 1.76. The molecule has 4 nitrogen and oxygen atoms in total. The maximum atomic E-state index is 10.4. The molecule has 0 atom stereocenters. The molecule has 1 aromatic rings. The second kappa shape index (κ2) is 4.38. The number of nitrogens with zero attached hydrogens (tertiary/aromatic N) is 2. The molecule has 80 valence electrons. The highest BCUT2D eigenvalue weighted by molar-refractivity contribution is 5.68. The molecule has 0 spiro atoms. The van der Waals surface area contributed by atoms with Crippen LogP contribution in [-0.4, -0.2) is 21.0 Å². The highest BCUT2D eigenvalue weighted by Crippen LogP contribution is 2.33. The molecule has 0 bridgehead atoms. The van der Waals surface area contributed by atoms with Gasteiger partial charge in [0.1, 0.15) is 12.2 Å². The Balaban J connectivity index is 2.06. The average molecular weight is 206 g/mol. The number of carbonyl (C=O) groups is 1. The molecule has 0 aromatic carbocycles. The minimum atomic E-state index is -0.886. The first kappa shape index (κ1) is 10.1. The van der Waals surface area contributed by atoms with Crippen LogP contribution in [0.4, 0.5) is 0 Å². The molecule has 1 aliphatic carbocycles. The minimum Gasteiger partial charge on any atom is -0.481 e. The van der Waals surface area contributed by atoms with Crippen molar-refractivity contribution >= 4 is 5.97 Å². The van der Waals surface area contributed by atoms with Crippen molar-refractivity contribution in [3.05, 3.63) is 23.8 Å². The molecule has 2 rings (SSSR count). The van der Waals surface area contributed by atoms with Crippen LogP contribution < -0.4 is 0 Å². The average Bonchev–Trinajstić information content (AvgIpc) is 2.71. The van der Waals surface area contributed by atoms with Crippen molar-refractivity contribution in [1.82, 2.24) is 9.97 Å². The van der Waals surface area contributed by atoms with E-state index in [1.54, 1.807) is 12.4 Å². The Labute approximate surface area is 88.4 Å². The van der Waals surface area contributed by atoms with Crippen molar-refractivity contribution < 1.29 is 9.90 Å². The van der Waals surface area contributed by atoms with Crippen molar-refractivity contribution in [2.45, 2.75) is 38.0 Å². The van der Waals surface area contributed by atoms with Crippen LogP contribution in [0.15, 0.2) is 12.4 Å². The van der Waals surface area contributed by atoms with E-state index in [1.807, 2.05) is 0 Å². The molecule has 0 unspecified atom stereocenters. The third-order valence-electron chi connectivity index (χ3n) is 2.86. The zero-order chi connectivity index (χ0) is 10.7. The SMILES string of the molecule is O=C(O)Cc1ncc(C2CCCC2)cn1. The number of aromatic nitrogens is 2. The van der Waals surface area contributed by atoms with Crippen molar-refractivity contribution in [1.29, 1.82) is 0 Å². The Morgan fingerprint density at radius 3 is 2.47 bits per heavy atom. The number of aliphatic carboxylic acids is 1.